The molecule has 0 aliphatic heterocycles. The van der Waals surface area contributed by atoms with E-state index in [1.54, 1.807) is 12.1 Å². The Bertz CT molecular complexity index is 1010. The minimum atomic E-state index is -5.08. The lowest BCUT2D eigenvalue weighted by molar-refractivity contribution is -0.192. The predicted octanol–water partition coefficient (Wildman–Crippen LogP) is 5.48. The maximum Gasteiger partial charge on any atom is 0.490 e. The van der Waals surface area contributed by atoms with E-state index in [0.29, 0.717) is 12.5 Å². The molecule has 0 radical (unpaired) electrons. The number of fused-ring (bicyclic) bond motifs is 1. The summed E-state index contributed by atoms with van der Waals surface area (Å²) in [4.78, 5) is 16.8. The largest absolute Gasteiger partial charge is 0.490 e. The second-order valence-corrected chi connectivity index (χ2v) is 6.68. The second-order valence-electron chi connectivity index (χ2n) is 6.68. The Morgan fingerprint density at radius 3 is 2.33 bits per heavy atom. The molecule has 0 aliphatic carbocycles. The zero-order valence-electron chi connectivity index (χ0n) is 16.7. The molecular formula is C21H22F4N2O3. The Balaban J connectivity index is 0.000000396. The van der Waals surface area contributed by atoms with Gasteiger partial charge in [0, 0.05) is 17.3 Å². The number of aryl methyl sites for hydroxylation is 3. The van der Waals surface area contributed by atoms with Crippen molar-refractivity contribution in [3.8, 4) is 5.88 Å². The highest BCUT2D eigenvalue weighted by Crippen LogP contribution is 2.31. The number of benzene rings is 1. The van der Waals surface area contributed by atoms with Gasteiger partial charge in [-0.05, 0) is 49.1 Å². The standard InChI is InChI=1S/C19H21FN2O.C2HF3O2/c1-4-5-15-10-21-19(18-17(15)12(2)13(3)22-18)23-11-14-6-8-16(20)9-7-14;3-2(4,5)1(6)7/h6-10,22H,4-5,11H2,1-3H3;(H,6,7). The molecule has 0 unspecified atom stereocenters. The van der Waals surface area contributed by atoms with E-state index in [4.69, 9.17) is 14.6 Å². The number of alkyl halides is 3. The third-order valence-corrected chi connectivity index (χ3v) is 4.42. The van der Waals surface area contributed by atoms with E-state index in [1.807, 2.05) is 6.20 Å². The topological polar surface area (TPSA) is 75.2 Å². The zero-order valence-corrected chi connectivity index (χ0v) is 16.7. The molecule has 0 aliphatic rings. The number of hydrogen-bond acceptors (Lipinski definition) is 3. The van der Waals surface area contributed by atoms with Gasteiger partial charge in [0.25, 0.3) is 0 Å². The predicted molar refractivity (Wildman–Crippen MR) is 104 cm³/mol. The summed E-state index contributed by atoms with van der Waals surface area (Å²) in [6, 6.07) is 6.33. The maximum absolute atomic E-state index is 13.0. The monoisotopic (exact) mass is 426 g/mol. The minimum Gasteiger partial charge on any atom is -0.475 e. The van der Waals surface area contributed by atoms with Crippen LogP contribution in [-0.4, -0.2) is 27.2 Å². The van der Waals surface area contributed by atoms with Gasteiger partial charge in [-0.25, -0.2) is 14.2 Å². The Labute approximate surface area is 170 Å². The van der Waals surface area contributed by atoms with Crippen LogP contribution in [0.2, 0.25) is 0 Å². The van der Waals surface area contributed by atoms with Crippen LogP contribution in [0.3, 0.4) is 0 Å². The average molecular weight is 426 g/mol. The summed E-state index contributed by atoms with van der Waals surface area (Å²) in [6.07, 6.45) is -1.10. The molecule has 5 nitrogen and oxygen atoms in total. The summed E-state index contributed by atoms with van der Waals surface area (Å²) in [7, 11) is 0. The van der Waals surface area contributed by atoms with Crippen LogP contribution < -0.4 is 4.74 Å². The van der Waals surface area contributed by atoms with Gasteiger partial charge >= 0.3 is 12.1 Å². The van der Waals surface area contributed by atoms with Gasteiger partial charge < -0.3 is 14.8 Å². The van der Waals surface area contributed by atoms with Crippen molar-refractivity contribution in [2.75, 3.05) is 0 Å². The van der Waals surface area contributed by atoms with Crippen LogP contribution in [0.5, 0.6) is 5.88 Å². The highest BCUT2D eigenvalue weighted by atomic mass is 19.4. The van der Waals surface area contributed by atoms with Gasteiger partial charge in [0.2, 0.25) is 5.88 Å². The molecule has 3 aromatic rings. The number of aromatic nitrogens is 2. The Morgan fingerprint density at radius 1 is 1.20 bits per heavy atom. The Kier molecular flexibility index (Phi) is 7.42. The molecular weight excluding hydrogens is 404 g/mol. The first-order valence-corrected chi connectivity index (χ1v) is 9.18. The summed E-state index contributed by atoms with van der Waals surface area (Å²) < 4.78 is 50.6. The summed E-state index contributed by atoms with van der Waals surface area (Å²) in [5.41, 5.74) is 5.50. The smallest absolute Gasteiger partial charge is 0.475 e. The van der Waals surface area contributed by atoms with Crippen molar-refractivity contribution in [3.63, 3.8) is 0 Å². The van der Waals surface area contributed by atoms with Gasteiger partial charge in [-0.3, -0.25) is 0 Å². The van der Waals surface area contributed by atoms with Crippen LogP contribution in [0.15, 0.2) is 30.5 Å². The van der Waals surface area contributed by atoms with Gasteiger partial charge in [-0.15, -0.1) is 0 Å². The number of hydrogen-bond donors (Lipinski definition) is 2. The lowest BCUT2D eigenvalue weighted by Crippen LogP contribution is -2.21. The molecule has 0 amide bonds. The van der Waals surface area contributed by atoms with Crippen LogP contribution in [0, 0.1) is 19.7 Å². The third kappa shape index (κ3) is 5.71. The first-order chi connectivity index (χ1) is 14.0. The van der Waals surface area contributed by atoms with Gasteiger partial charge in [0.05, 0.1) is 0 Å². The van der Waals surface area contributed by atoms with E-state index in [9.17, 15) is 17.6 Å². The van der Waals surface area contributed by atoms with E-state index >= 15 is 0 Å². The lowest BCUT2D eigenvalue weighted by atomic mass is 10.0. The Morgan fingerprint density at radius 2 is 1.80 bits per heavy atom. The van der Waals surface area contributed by atoms with Gasteiger partial charge in [-0.1, -0.05) is 25.5 Å². The number of ether oxygens (including phenoxy) is 1. The number of carboxylic acids is 1. The number of halogens is 4. The lowest BCUT2D eigenvalue weighted by Gasteiger charge is -2.09. The van der Waals surface area contributed by atoms with E-state index < -0.39 is 12.1 Å². The van der Waals surface area contributed by atoms with Crippen molar-refractivity contribution < 1.29 is 32.2 Å². The van der Waals surface area contributed by atoms with Crippen LogP contribution in [0.25, 0.3) is 10.9 Å². The highest BCUT2D eigenvalue weighted by Gasteiger charge is 2.38. The fourth-order valence-corrected chi connectivity index (χ4v) is 2.85. The second kappa shape index (κ2) is 9.60. The summed E-state index contributed by atoms with van der Waals surface area (Å²) in [6.45, 7) is 6.72. The minimum absolute atomic E-state index is 0.242. The van der Waals surface area contributed by atoms with Crippen molar-refractivity contribution in [3.05, 3.63) is 58.7 Å². The van der Waals surface area contributed by atoms with Crippen LogP contribution >= 0.6 is 0 Å². The van der Waals surface area contributed by atoms with Crippen LogP contribution in [0.1, 0.15) is 35.7 Å². The molecule has 0 saturated carbocycles. The van der Waals surface area contributed by atoms with E-state index in [0.717, 1.165) is 29.6 Å². The summed E-state index contributed by atoms with van der Waals surface area (Å²) in [5.74, 6) is -2.40. The summed E-state index contributed by atoms with van der Waals surface area (Å²) >= 11 is 0. The van der Waals surface area contributed by atoms with E-state index in [2.05, 4.69) is 30.7 Å². The van der Waals surface area contributed by atoms with Crippen molar-refractivity contribution in [2.45, 2.75) is 46.4 Å². The zero-order chi connectivity index (χ0) is 22.5. The number of pyridine rings is 1. The van der Waals surface area contributed by atoms with Crippen LogP contribution in [0.4, 0.5) is 17.6 Å². The molecule has 30 heavy (non-hydrogen) atoms. The number of aliphatic carboxylic acids is 1. The molecule has 0 spiro atoms. The maximum atomic E-state index is 13.0. The fourth-order valence-electron chi connectivity index (χ4n) is 2.85. The first kappa shape index (κ1) is 23.2. The van der Waals surface area contributed by atoms with Crippen molar-refractivity contribution in [2.24, 2.45) is 0 Å². The molecule has 2 aromatic heterocycles. The molecule has 2 N–H and O–H groups in total. The van der Waals surface area contributed by atoms with Crippen molar-refractivity contribution in [1.82, 2.24) is 9.97 Å². The molecule has 0 bridgehead atoms. The molecule has 1 aromatic carbocycles. The van der Waals surface area contributed by atoms with Gasteiger partial charge in [0.15, 0.2) is 0 Å². The fraction of sp³-hybridized carbons (Fsp3) is 0.333. The van der Waals surface area contributed by atoms with Crippen molar-refractivity contribution in [1.29, 1.82) is 0 Å². The number of nitrogens with zero attached hydrogens (tertiary/aromatic N) is 1. The molecule has 0 atom stereocenters. The van der Waals surface area contributed by atoms with Crippen LogP contribution in [-0.2, 0) is 17.8 Å². The number of H-pyrrole nitrogens is 1. The Hall–Kier alpha value is -3.10. The third-order valence-electron chi connectivity index (χ3n) is 4.42. The first-order valence-electron chi connectivity index (χ1n) is 9.18. The number of rotatable bonds is 5. The SMILES string of the molecule is CCCc1cnc(OCc2ccc(F)cc2)c2[nH]c(C)c(C)c12.O=C(O)C(F)(F)F. The molecule has 3 rings (SSSR count). The summed E-state index contributed by atoms with van der Waals surface area (Å²) in [5, 5.41) is 8.34. The number of carbonyl (C=O) groups is 1. The average Bonchev–Trinajstić information content (AvgIpc) is 2.98. The molecule has 162 valence electrons. The quantitative estimate of drug-likeness (QED) is 0.530. The van der Waals surface area contributed by atoms with Gasteiger partial charge in [-0.2, -0.15) is 13.2 Å². The molecule has 0 saturated heterocycles. The highest BCUT2D eigenvalue weighted by molar-refractivity contribution is 5.90. The van der Waals surface area contributed by atoms with E-state index in [-0.39, 0.29) is 5.82 Å². The number of nitrogens with one attached hydrogen (secondary N) is 1. The molecule has 0 fully saturated rings. The van der Waals surface area contributed by atoms with Gasteiger partial charge in [0.1, 0.15) is 17.9 Å². The number of carboxylic acid groups (broad SMARTS) is 1. The normalized spacial score (nSPS) is 11.2. The number of aromatic amines is 1. The molecule has 2 heterocycles. The molecule has 9 heteroatoms. The van der Waals surface area contributed by atoms with E-state index in [1.165, 1.54) is 28.6 Å². The van der Waals surface area contributed by atoms with Crippen molar-refractivity contribution >= 4 is 16.9 Å².